The molecule has 0 saturated heterocycles. The first-order chi connectivity index (χ1) is 7.84. The zero-order chi connectivity index (χ0) is 11.2. The van der Waals surface area contributed by atoms with E-state index in [0.29, 0.717) is 13.1 Å². The molecule has 90 valence electrons. The first kappa shape index (κ1) is 13.8. The average molecular weight is 296 g/mol. The van der Waals surface area contributed by atoms with Gasteiger partial charge in [0.25, 0.3) is 0 Å². The smallest absolute Gasteiger partial charge is 0.180 e. The lowest BCUT2D eigenvalue weighted by Crippen LogP contribution is -3.00. The predicted octanol–water partition coefficient (Wildman–Crippen LogP) is -2.67. The fourth-order valence-electron chi connectivity index (χ4n) is 1.66. The average Bonchev–Trinajstić information content (AvgIpc) is 2.31. The Morgan fingerprint density at radius 1 is 0.706 bits per heavy atom. The summed E-state index contributed by atoms with van der Waals surface area (Å²) in [4.78, 5) is 0. The van der Waals surface area contributed by atoms with E-state index in [2.05, 4.69) is 0 Å². The summed E-state index contributed by atoms with van der Waals surface area (Å²) in [5.41, 5.74) is 0. The Labute approximate surface area is 112 Å². The molecule has 2 heterocycles. The molecule has 0 spiro atoms. The van der Waals surface area contributed by atoms with Gasteiger partial charge >= 0.3 is 0 Å². The molecule has 0 aliphatic heterocycles. The largest absolute Gasteiger partial charge is 1.00 e. The Kier molecular flexibility index (Phi) is 5.80. The fraction of sp³-hybridized carbons (Fsp3) is 0.231. The molecule has 0 radical (unpaired) electrons. The molecule has 0 aromatic carbocycles. The van der Waals surface area contributed by atoms with Gasteiger partial charge < -0.3 is 22.1 Å². The first-order valence-corrected chi connectivity index (χ1v) is 5.41. The SMILES string of the molecule is OC(C[n+]1ccccc1)C[n+]1ccccc1.[Br-]. The van der Waals surface area contributed by atoms with Crippen molar-refractivity contribution in [1.82, 2.24) is 0 Å². The van der Waals surface area contributed by atoms with Crippen molar-refractivity contribution in [2.45, 2.75) is 19.2 Å². The number of halogens is 1. The normalized spacial score (nSPS) is 10.0. The Morgan fingerprint density at radius 3 is 1.41 bits per heavy atom. The molecule has 0 saturated carbocycles. The minimum Gasteiger partial charge on any atom is -1.00 e. The van der Waals surface area contributed by atoms with Crippen LogP contribution in [0.2, 0.25) is 0 Å². The van der Waals surface area contributed by atoms with Crippen LogP contribution in [-0.2, 0) is 13.1 Å². The highest BCUT2D eigenvalue weighted by molar-refractivity contribution is 4.84. The Hall–Kier alpha value is -1.26. The van der Waals surface area contributed by atoms with Crippen molar-refractivity contribution in [3.8, 4) is 0 Å². The highest BCUT2D eigenvalue weighted by Gasteiger charge is 2.14. The molecule has 2 aromatic heterocycles. The molecule has 3 nitrogen and oxygen atoms in total. The number of hydrogen-bond acceptors (Lipinski definition) is 1. The maximum atomic E-state index is 9.91. The van der Waals surface area contributed by atoms with Crippen LogP contribution in [0.3, 0.4) is 0 Å². The summed E-state index contributed by atoms with van der Waals surface area (Å²) in [6.45, 7) is 1.23. The second kappa shape index (κ2) is 7.14. The maximum Gasteiger partial charge on any atom is 0.180 e. The molecular formula is C13H16BrN2O+. The molecule has 2 rings (SSSR count). The lowest BCUT2D eigenvalue weighted by Gasteiger charge is -2.03. The third-order valence-corrected chi connectivity index (χ3v) is 2.40. The van der Waals surface area contributed by atoms with Crippen LogP contribution in [0.25, 0.3) is 0 Å². The van der Waals surface area contributed by atoms with Crippen LogP contribution in [0.15, 0.2) is 61.2 Å². The monoisotopic (exact) mass is 295 g/mol. The van der Waals surface area contributed by atoms with Crippen molar-refractivity contribution in [3.63, 3.8) is 0 Å². The van der Waals surface area contributed by atoms with Gasteiger partial charge in [0.2, 0.25) is 0 Å². The maximum absolute atomic E-state index is 9.91. The van der Waals surface area contributed by atoms with Crippen LogP contribution < -0.4 is 26.1 Å². The molecule has 17 heavy (non-hydrogen) atoms. The fourth-order valence-corrected chi connectivity index (χ4v) is 1.66. The highest BCUT2D eigenvalue weighted by atomic mass is 79.9. The van der Waals surface area contributed by atoms with Gasteiger partial charge in [-0.15, -0.1) is 0 Å². The van der Waals surface area contributed by atoms with E-state index in [0.717, 1.165) is 0 Å². The molecule has 4 heteroatoms. The van der Waals surface area contributed by atoms with E-state index in [1.807, 2.05) is 70.3 Å². The van der Waals surface area contributed by atoms with Gasteiger partial charge in [-0.3, -0.25) is 0 Å². The van der Waals surface area contributed by atoms with E-state index in [-0.39, 0.29) is 23.1 Å². The second-order valence-corrected chi connectivity index (χ2v) is 3.80. The molecule has 0 amide bonds. The molecule has 0 aliphatic rings. The van der Waals surface area contributed by atoms with Gasteiger partial charge in [-0.2, -0.15) is 0 Å². The van der Waals surface area contributed by atoms with Gasteiger partial charge in [-0.1, -0.05) is 12.1 Å². The van der Waals surface area contributed by atoms with Crippen molar-refractivity contribution in [1.29, 1.82) is 0 Å². The van der Waals surface area contributed by atoms with E-state index >= 15 is 0 Å². The van der Waals surface area contributed by atoms with E-state index < -0.39 is 0 Å². The molecule has 0 unspecified atom stereocenters. The minimum absolute atomic E-state index is 0. The van der Waals surface area contributed by atoms with Crippen LogP contribution in [-0.4, -0.2) is 11.2 Å². The number of nitrogens with zero attached hydrogens (tertiary/aromatic N) is 2. The Balaban J connectivity index is 0.00000144. The number of aliphatic hydroxyl groups excluding tert-OH is 1. The third-order valence-electron chi connectivity index (χ3n) is 2.40. The van der Waals surface area contributed by atoms with Gasteiger partial charge in [-0.25, -0.2) is 9.13 Å². The molecule has 0 fully saturated rings. The molecule has 1 N–H and O–H groups in total. The van der Waals surface area contributed by atoms with E-state index in [1.54, 1.807) is 0 Å². The van der Waals surface area contributed by atoms with Gasteiger partial charge in [0.05, 0.1) is 0 Å². The number of hydrogen-bond donors (Lipinski definition) is 1. The van der Waals surface area contributed by atoms with Crippen LogP contribution >= 0.6 is 0 Å². The summed E-state index contributed by atoms with van der Waals surface area (Å²) in [7, 11) is 0. The predicted molar refractivity (Wildman–Crippen MR) is 59.3 cm³/mol. The number of pyridine rings is 2. The highest BCUT2D eigenvalue weighted by Crippen LogP contribution is 1.86. The van der Waals surface area contributed by atoms with Crippen LogP contribution in [0.5, 0.6) is 0 Å². The third kappa shape index (κ3) is 4.63. The van der Waals surface area contributed by atoms with E-state index in [9.17, 15) is 5.11 Å². The lowest BCUT2D eigenvalue weighted by atomic mass is 10.3. The number of aromatic nitrogens is 2. The topological polar surface area (TPSA) is 28.0 Å². The van der Waals surface area contributed by atoms with Crippen LogP contribution in [0.4, 0.5) is 0 Å². The van der Waals surface area contributed by atoms with Gasteiger partial charge in [-0.05, 0) is 0 Å². The van der Waals surface area contributed by atoms with E-state index in [4.69, 9.17) is 0 Å². The zero-order valence-electron chi connectivity index (χ0n) is 9.48. The summed E-state index contributed by atoms with van der Waals surface area (Å²) in [5.74, 6) is 0. The quantitative estimate of drug-likeness (QED) is 0.612. The molecule has 2 aromatic rings. The summed E-state index contributed by atoms with van der Waals surface area (Å²) in [5, 5.41) is 9.91. The van der Waals surface area contributed by atoms with Crippen LogP contribution in [0.1, 0.15) is 0 Å². The standard InChI is InChI=1S/C13H16N2O.BrH/c16-13(11-14-7-3-1-4-8-14)12-15-9-5-2-6-10-15;/h1-10,13,16H,11-12H2;1H/q+2;/p-1. The Bertz CT molecular complexity index is 380. The van der Waals surface area contributed by atoms with Crippen molar-refractivity contribution >= 4 is 0 Å². The van der Waals surface area contributed by atoms with Gasteiger partial charge in [0.1, 0.15) is 0 Å². The van der Waals surface area contributed by atoms with Gasteiger partial charge in [0.15, 0.2) is 44.0 Å². The summed E-state index contributed by atoms with van der Waals surface area (Å²) < 4.78 is 3.96. The van der Waals surface area contributed by atoms with E-state index in [1.165, 1.54) is 0 Å². The summed E-state index contributed by atoms with van der Waals surface area (Å²) in [6.07, 6.45) is 7.45. The summed E-state index contributed by atoms with van der Waals surface area (Å²) >= 11 is 0. The van der Waals surface area contributed by atoms with Gasteiger partial charge in [0, 0.05) is 24.3 Å². The second-order valence-electron chi connectivity index (χ2n) is 3.80. The number of rotatable bonds is 4. The molecular weight excluding hydrogens is 280 g/mol. The molecule has 0 aliphatic carbocycles. The van der Waals surface area contributed by atoms with Crippen molar-refractivity contribution in [3.05, 3.63) is 61.2 Å². The Morgan fingerprint density at radius 2 is 1.06 bits per heavy atom. The minimum atomic E-state index is -0.375. The molecule has 0 bridgehead atoms. The van der Waals surface area contributed by atoms with Crippen LogP contribution in [0, 0.1) is 0 Å². The molecule has 0 atom stereocenters. The first-order valence-electron chi connectivity index (χ1n) is 5.41. The number of aliphatic hydroxyl groups is 1. The summed E-state index contributed by atoms with van der Waals surface area (Å²) in [6, 6.07) is 11.8. The lowest BCUT2D eigenvalue weighted by molar-refractivity contribution is -0.737. The zero-order valence-corrected chi connectivity index (χ0v) is 11.1. The van der Waals surface area contributed by atoms with Crippen molar-refractivity contribution < 1.29 is 31.2 Å². The van der Waals surface area contributed by atoms with Crippen molar-refractivity contribution in [2.75, 3.05) is 0 Å². The van der Waals surface area contributed by atoms with Crippen molar-refractivity contribution in [2.24, 2.45) is 0 Å².